The number of alkyl halides is 1. The van der Waals surface area contributed by atoms with E-state index in [1.165, 1.54) is 12.8 Å². The highest BCUT2D eigenvalue weighted by atomic mass is 35.5. The molecule has 0 amide bonds. The van der Waals surface area contributed by atoms with Gasteiger partial charge in [-0.05, 0) is 33.4 Å². The normalized spacial score (nSPS) is 20.0. The van der Waals surface area contributed by atoms with Crippen molar-refractivity contribution in [2.75, 3.05) is 32.3 Å². The van der Waals surface area contributed by atoms with Crippen LogP contribution in [0.5, 0.6) is 0 Å². The number of likely N-dealkylation sites (N-methyl/N-ethyl adjacent to an activating group) is 1. The summed E-state index contributed by atoms with van der Waals surface area (Å²) in [5.74, 6) is 0.514. The van der Waals surface area contributed by atoms with Crippen LogP contribution in [0, 0.1) is 0 Å². The predicted octanol–water partition coefficient (Wildman–Crippen LogP) is 1.41. The van der Waals surface area contributed by atoms with Gasteiger partial charge in [0.1, 0.15) is 0 Å². The second-order valence-electron chi connectivity index (χ2n) is 5.01. The van der Waals surface area contributed by atoms with E-state index in [0.717, 1.165) is 12.8 Å². The molecule has 1 aliphatic carbocycles. The van der Waals surface area contributed by atoms with Gasteiger partial charge < -0.3 is 4.90 Å². The van der Waals surface area contributed by atoms with E-state index in [0.29, 0.717) is 18.8 Å². The molecule has 0 aromatic carbocycles. The van der Waals surface area contributed by atoms with E-state index in [9.17, 15) is 8.42 Å². The lowest BCUT2D eigenvalue weighted by Crippen LogP contribution is -2.51. The maximum absolute atomic E-state index is 11.7. The lowest BCUT2D eigenvalue weighted by molar-refractivity contribution is 0.162. The Morgan fingerprint density at radius 3 is 2.35 bits per heavy atom. The monoisotopic (exact) mass is 282 g/mol. The van der Waals surface area contributed by atoms with Crippen molar-refractivity contribution in [3.05, 3.63) is 0 Å². The zero-order valence-corrected chi connectivity index (χ0v) is 12.3. The maximum Gasteiger partial charge on any atom is 0.211 e. The van der Waals surface area contributed by atoms with Crippen LogP contribution in [0.25, 0.3) is 0 Å². The Labute approximate surface area is 110 Å². The summed E-state index contributed by atoms with van der Waals surface area (Å²) in [6.45, 7) is 0.518. The molecule has 0 aliphatic heterocycles. The third kappa shape index (κ3) is 4.39. The van der Waals surface area contributed by atoms with Gasteiger partial charge in [0.05, 0.1) is 5.75 Å². The van der Waals surface area contributed by atoms with Crippen molar-refractivity contribution < 1.29 is 8.42 Å². The number of hydrogen-bond donors (Lipinski definition) is 1. The van der Waals surface area contributed by atoms with Gasteiger partial charge in [0, 0.05) is 18.0 Å². The summed E-state index contributed by atoms with van der Waals surface area (Å²) >= 11 is 5.51. The molecule has 1 N–H and O–H groups in total. The predicted molar refractivity (Wildman–Crippen MR) is 72.0 cm³/mol. The Morgan fingerprint density at radius 1 is 1.29 bits per heavy atom. The first-order chi connectivity index (χ1) is 7.92. The van der Waals surface area contributed by atoms with Crippen LogP contribution in [0.2, 0.25) is 0 Å². The molecular weight excluding hydrogens is 260 g/mol. The molecule has 17 heavy (non-hydrogen) atoms. The van der Waals surface area contributed by atoms with E-state index in [2.05, 4.69) is 9.62 Å². The number of rotatable bonds is 7. The molecule has 1 rings (SSSR count). The topological polar surface area (TPSA) is 49.4 Å². The van der Waals surface area contributed by atoms with Gasteiger partial charge in [-0.3, -0.25) is 0 Å². The molecule has 0 bridgehead atoms. The van der Waals surface area contributed by atoms with Gasteiger partial charge in [0.15, 0.2) is 0 Å². The highest BCUT2D eigenvalue weighted by Crippen LogP contribution is 2.33. The second kappa shape index (κ2) is 6.36. The van der Waals surface area contributed by atoms with Gasteiger partial charge in [-0.25, -0.2) is 13.1 Å². The smallest absolute Gasteiger partial charge is 0.211 e. The number of hydrogen-bond acceptors (Lipinski definition) is 3. The summed E-state index contributed by atoms with van der Waals surface area (Å²) < 4.78 is 26.2. The lowest BCUT2D eigenvalue weighted by Gasteiger charge is -2.36. The van der Waals surface area contributed by atoms with Gasteiger partial charge in [-0.1, -0.05) is 12.8 Å². The van der Waals surface area contributed by atoms with Gasteiger partial charge in [-0.2, -0.15) is 0 Å². The summed E-state index contributed by atoms with van der Waals surface area (Å²) in [6.07, 6.45) is 5.01. The van der Waals surface area contributed by atoms with Crippen molar-refractivity contribution in [1.29, 1.82) is 0 Å². The molecule has 0 unspecified atom stereocenters. The fourth-order valence-corrected chi connectivity index (χ4v) is 3.83. The molecule has 0 radical (unpaired) electrons. The van der Waals surface area contributed by atoms with E-state index >= 15 is 0 Å². The van der Waals surface area contributed by atoms with E-state index in [1.54, 1.807) is 0 Å². The highest BCUT2D eigenvalue weighted by Gasteiger charge is 2.36. The van der Waals surface area contributed by atoms with Crippen LogP contribution in [-0.4, -0.2) is 51.1 Å². The van der Waals surface area contributed by atoms with Crippen molar-refractivity contribution in [1.82, 2.24) is 9.62 Å². The largest absolute Gasteiger partial charge is 0.302 e. The first-order valence-corrected chi connectivity index (χ1v) is 8.31. The van der Waals surface area contributed by atoms with Crippen LogP contribution in [-0.2, 0) is 10.0 Å². The van der Waals surface area contributed by atoms with Gasteiger partial charge in [0.2, 0.25) is 10.0 Å². The van der Waals surface area contributed by atoms with Crippen molar-refractivity contribution in [2.24, 2.45) is 0 Å². The quantitative estimate of drug-likeness (QED) is 0.719. The average Bonchev–Trinajstić information content (AvgIpc) is 2.74. The molecule has 6 heteroatoms. The Kier molecular flexibility index (Phi) is 5.70. The fraction of sp³-hybridized carbons (Fsp3) is 1.00. The van der Waals surface area contributed by atoms with Crippen LogP contribution in [0.1, 0.15) is 32.1 Å². The molecule has 0 atom stereocenters. The van der Waals surface area contributed by atoms with Gasteiger partial charge in [0.25, 0.3) is 0 Å². The van der Waals surface area contributed by atoms with Crippen LogP contribution < -0.4 is 4.72 Å². The van der Waals surface area contributed by atoms with E-state index < -0.39 is 10.0 Å². The minimum atomic E-state index is -3.16. The molecule has 1 saturated carbocycles. The maximum atomic E-state index is 11.7. The van der Waals surface area contributed by atoms with Crippen LogP contribution in [0.4, 0.5) is 0 Å². The molecule has 1 fully saturated rings. The van der Waals surface area contributed by atoms with E-state index in [4.69, 9.17) is 11.6 Å². The summed E-state index contributed by atoms with van der Waals surface area (Å²) in [6, 6.07) is 0. The first kappa shape index (κ1) is 15.2. The standard InChI is InChI=1S/C11H23ClN2O2S/c1-14(2)11(6-3-4-7-11)10-13-17(15,16)9-5-8-12/h13H,3-10H2,1-2H3. The molecule has 0 saturated heterocycles. The van der Waals surface area contributed by atoms with Gasteiger partial charge >= 0.3 is 0 Å². The zero-order valence-electron chi connectivity index (χ0n) is 10.7. The Morgan fingerprint density at radius 2 is 1.88 bits per heavy atom. The fourth-order valence-electron chi connectivity index (χ4n) is 2.38. The molecule has 4 nitrogen and oxygen atoms in total. The first-order valence-electron chi connectivity index (χ1n) is 6.13. The molecular formula is C11H23ClN2O2S. The Hall–Kier alpha value is 0.160. The van der Waals surface area contributed by atoms with Crippen molar-refractivity contribution >= 4 is 21.6 Å². The summed E-state index contributed by atoms with van der Waals surface area (Å²) in [5, 5.41) is 0. The van der Waals surface area contributed by atoms with Crippen LogP contribution in [0.3, 0.4) is 0 Å². The number of halogens is 1. The molecule has 0 heterocycles. The third-order valence-electron chi connectivity index (χ3n) is 3.65. The lowest BCUT2D eigenvalue weighted by atomic mass is 9.97. The second-order valence-corrected chi connectivity index (χ2v) is 7.31. The van der Waals surface area contributed by atoms with Crippen molar-refractivity contribution in [2.45, 2.75) is 37.6 Å². The van der Waals surface area contributed by atoms with Crippen molar-refractivity contribution in [3.8, 4) is 0 Å². The van der Waals surface area contributed by atoms with Crippen LogP contribution >= 0.6 is 11.6 Å². The Balaban J connectivity index is 2.53. The molecule has 0 spiro atoms. The zero-order chi connectivity index (χ0) is 12.9. The van der Waals surface area contributed by atoms with E-state index in [1.807, 2.05) is 14.1 Å². The summed E-state index contributed by atoms with van der Waals surface area (Å²) in [5.41, 5.74) is 0.00797. The minimum Gasteiger partial charge on any atom is -0.302 e. The third-order valence-corrected chi connectivity index (χ3v) is 5.33. The SMILES string of the molecule is CN(C)C1(CNS(=O)(=O)CCCCl)CCCC1. The molecule has 0 aromatic rings. The van der Waals surface area contributed by atoms with E-state index in [-0.39, 0.29) is 11.3 Å². The Bertz CT molecular complexity index is 324. The minimum absolute atomic E-state index is 0.00797. The highest BCUT2D eigenvalue weighted by molar-refractivity contribution is 7.89. The van der Waals surface area contributed by atoms with Gasteiger partial charge in [-0.15, -0.1) is 11.6 Å². The van der Waals surface area contributed by atoms with Crippen LogP contribution in [0.15, 0.2) is 0 Å². The number of nitrogens with one attached hydrogen (secondary N) is 1. The molecule has 102 valence electrons. The molecule has 1 aliphatic rings. The molecule has 0 aromatic heterocycles. The number of nitrogens with zero attached hydrogens (tertiary/aromatic N) is 1. The summed E-state index contributed by atoms with van der Waals surface area (Å²) in [7, 11) is 0.888. The number of sulfonamides is 1. The summed E-state index contributed by atoms with van der Waals surface area (Å²) in [4.78, 5) is 2.16. The average molecular weight is 283 g/mol. The van der Waals surface area contributed by atoms with Crippen molar-refractivity contribution in [3.63, 3.8) is 0 Å².